The molecule has 1 fully saturated rings. The van der Waals surface area contributed by atoms with E-state index in [0.717, 1.165) is 51.6 Å². The maximum absolute atomic E-state index is 12.5. The van der Waals surface area contributed by atoms with Gasteiger partial charge in [0.2, 0.25) is 0 Å². The Hall–Kier alpha value is -1.29. The highest BCUT2D eigenvalue weighted by Gasteiger charge is 2.21. The van der Waals surface area contributed by atoms with Crippen LogP contribution in [0.5, 0.6) is 0 Å². The van der Waals surface area contributed by atoms with Gasteiger partial charge in [-0.2, -0.15) is 0 Å². The fraction of sp³-hybridized carbons (Fsp3) is 0.861. The van der Waals surface area contributed by atoms with Crippen molar-refractivity contribution in [2.24, 2.45) is 5.92 Å². The van der Waals surface area contributed by atoms with Crippen LogP contribution in [0.15, 0.2) is 24.3 Å². The Morgan fingerprint density at radius 2 is 1.27 bits per heavy atom. The van der Waals surface area contributed by atoms with E-state index >= 15 is 0 Å². The second kappa shape index (κ2) is 27.9. The van der Waals surface area contributed by atoms with Crippen LogP contribution in [0.4, 0.5) is 4.79 Å². The van der Waals surface area contributed by atoms with Crippen LogP contribution in [0.3, 0.4) is 0 Å². The predicted molar refractivity (Wildman–Crippen MR) is 173 cm³/mol. The molecule has 0 N–H and O–H groups in total. The summed E-state index contributed by atoms with van der Waals surface area (Å²) < 4.78 is 11.4. The van der Waals surface area contributed by atoms with Crippen LogP contribution in [0.2, 0.25) is 0 Å². The van der Waals surface area contributed by atoms with Crippen molar-refractivity contribution in [2.45, 2.75) is 168 Å². The number of hydrogen-bond acceptors (Lipinski definition) is 4. The van der Waals surface area contributed by atoms with Crippen molar-refractivity contribution in [3.05, 3.63) is 24.3 Å². The van der Waals surface area contributed by atoms with E-state index in [1.54, 1.807) is 0 Å². The molecule has 2 unspecified atom stereocenters. The largest absolute Gasteiger partial charge is 0.508 e. The third-order valence-corrected chi connectivity index (χ3v) is 8.28. The molecular weight excluding hydrogens is 494 g/mol. The van der Waals surface area contributed by atoms with Crippen LogP contribution in [-0.4, -0.2) is 43.9 Å². The number of ether oxygens (including phenoxy) is 2. The molecule has 0 aromatic heterocycles. The van der Waals surface area contributed by atoms with E-state index < -0.39 is 6.16 Å². The van der Waals surface area contributed by atoms with Gasteiger partial charge < -0.3 is 14.4 Å². The van der Waals surface area contributed by atoms with Gasteiger partial charge >= 0.3 is 6.16 Å². The van der Waals surface area contributed by atoms with Crippen LogP contribution >= 0.6 is 0 Å². The van der Waals surface area contributed by atoms with Crippen LogP contribution in [0.25, 0.3) is 0 Å². The van der Waals surface area contributed by atoms with Crippen LogP contribution in [-0.2, 0) is 9.47 Å². The molecule has 40 heavy (non-hydrogen) atoms. The fourth-order valence-electron chi connectivity index (χ4n) is 5.72. The Morgan fingerprint density at radius 3 is 1.88 bits per heavy atom. The van der Waals surface area contributed by atoms with E-state index in [0.29, 0.717) is 12.5 Å². The molecule has 1 aliphatic rings. The SMILES string of the molecule is CCCCC/C=C\C/C=C\CCCCCCCC(CCCCCCCCCC)OC(=O)OCC1CCCN(C)C1. The summed E-state index contributed by atoms with van der Waals surface area (Å²) in [5.41, 5.74) is 0. The minimum absolute atomic E-state index is 0.0135. The van der Waals surface area contributed by atoms with Gasteiger partial charge in [0, 0.05) is 12.5 Å². The maximum atomic E-state index is 12.5. The van der Waals surface area contributed by atoms with Crippen molar-refractivity contribution in [3.63, 3.8) is 0 Å². The molecule has 1 saturated heterocycles. The van der Waals surface area contributed by atoms with Crippen molar-refractivity contribution >= 4 is 6.16 Å². The number of carbonyl (C=O) groups is 1. The summed E-state index contributed by atoms with van der Waals surface area (Å²) in [5.74, 6) is 0.444. The monoisotopic (exact) mass is 562 g/mol. The highest BCUT2D eigenvalue weighted by Crippen LogP contribution is 2.19. The van der Waals surface area contributed by atoms with Gasteiger partial charge in [0.05, 0.1) is 6.61 Å². The molecular formula is C36H67NO3. The zero-order valence-corrected chi connectivity index (χ0v) is 27.0. The Bertz CT molecular complexity index is 617. The number of allylic oxidation sites excluding steroid dienone is 4. The quantitative estimate of drug-likeness (QED) is 0.0598. The molecule has 1 heterocycles. The molecule has 0 aromatic rings. The van der Waals surface area contributed by atoms with Crippen molar-refractivity contribution in [1.82, 2.24) is 4.90 Å². The van der Waals surface area contributed by atoms with Crippen molar-refractivity contribution in [1.29, 1.82) is 0 Å². The van der Waals surface area contributed by atoms with Crippen molar-refractivity contribution < 1.29 is 14.3 Å². The lowest BCUT2D eigenvalue weighted by atomic mass is 10.00. The standard InChI is InChI=1S/C36H67NO3/c1-4-6-8-10-12-14-15-16-17-18-19-20-22-24-26-30-35(29-25-23-21-13-11-9-7-5-2)40-36(38)39-33-34-28-27-31-37(3)32-34/h12,14,16-17,34-35H,4-11,13,15,18-33H2,1-3H3/b14-12-,17-16-. The summed E-state index contributed by atoms with van der Waals surface area (Å²) >= 11 is 0. The Labute approximate surface area is 249 Å². The summed E-state index contributed by atoms with van der Waals surface area (Å²) in [7, 11) is 2.15. The predicted octanol–water partition coefficient (Wildman–Crippen LogP) is 11.2. The van der Waals surface area contributed by atoms with Gasteiger partial charge in [0.1, 0.15) is 6.10 Å². The summed E-state index contributed by atoms with van der Waals surface area (Å²) in [4.78, 5) is 14.8. The molecule has 1 rings (SSSR count). The maximum Gasteiger partial charge on any atom is 0.508 e. The number of rotatable bonds is 26. The molecule has 2 atom stereocenters. The van der Waals surface area contributed by atoms with Gasteiger partial charge in [-0.15, -0.1) is 0 Å². The first kappa shape index (κ1) is 36.7. The van der Waals surface area contributed by atoms with E-state index in [-0.39, 0.29) is 6.10 Å². The lowest BCUT2D eigenvalue weighted by Gasteiger charge is -2.29. The second-order valence-corrected chi connectivity index (χ2v) is 12.4. The summed E-state index contributed by atoms with van der Waals surface area (Å²) in [6.45, 7) is 7.19. The Balaban J connectivity index is 2.20. The number of nitrogens with zero attached hydrogens (tertiary/aromatic N) is 1. The van der Waals surface area contributed by atoms with E-state index in [9.17, 15) is 4.79 Å². The normalized spacial score (nSPS) is 17.1. The minimum atomic E-state index is -0.444. The first-order valence-corrected chi connectivity index (χ1v) is 17.5. The first-order valence-electron chi connectivity index (χ1n) is 17.5. The highest BCUT2D eigenvalue weighted by atomic mass is 16.7. The smallest absolute Gasteiger partial charge is 0.434 e. The summed E-state index contributed by atoms with van der Waals surface area (Å²) in [5, 5.41) is 0. The number of carbonyl (C=O) groups excluding carboxylic acids is 1. The molecule has 0 aliphatic carbocycles. The highest BCUT2D eigenvalue weighted by molar-refractivity contribution is 5.60. The molecule has 0 radical (unpaired) electrons. The molecule has 234 valence electrons. The van der Waals surface area contributed by atoms with Crippen LogP contribution in [0, 0.1) is 5.92 Å². The zero-order chi connectivity index (χ0) is 28.9. The molecule has 0 saturated carbocycles. The van der Waals surface area contributed by atoms with Gasteiger partial charge in [-0.1, -0.05) is 115 Å². The van der Waals surface area contributed by atoms with E-state index in [4.69, 9.17) is 9.47 Å². The molecule has 0 spiro atoms. The number of likely N-dealkylation sites (tertiary alicyclic amines) is 1. The molecule has 0 bridgehead atoms. The van der Waals surface area contributed by atoms with Crippen LogP contribution < -0.4 is 0 Å². The van der Waals surface area contributed by atoms with E-state index in [2.05, 4.69) is 50.1 Å². The number of unbranched alkanes of at least 4 members (excludes halogenated alkanes) is 15. The molecule has 1 aliphatic heterocycles. The minimum Gasteiger partial charge on any atom is -0.434 e. The lowest BCUT2D eigenvalue weighted by Crippen LogP contribution is -2.35. The molecule has 4 heteroatoms. The van der Waals surface area contributed by atoms with E-state index in [1.807, 2.05) is 0 Å². The van der Waals surface area contributed by atoms with Gasteiger partial charge in [-0.05, 0) is 84.2 Å². The molecule has 0 aromatic carbocycles. The number of piperidine rings is 1. The van der Waals surface area contributed by atoms with Gasteiger partial charge in [0.25, 0.3) is 0 Å². The third-order valence-electron chi connectivity index (χ3n) is 8.28. The summed E-state index contributed by atoms with van der Waals surface area (Å²) in [6, 6.07) is 0. The topological polar surface area (TPSA) is 38.8 Å². The molecule has 4 nitrogen and oxygen atoms in total. The van der Waals surface area contributed by atoms with Gasteiger partial charge in [-0.25, -0.2) is 4.79 Å². The molecule has 0 amide bonds. The third kappa shape index (κ3) is 23.4. The average Bonchev–Trinajstić information content (AvgIpc) is 2.95. The van der Waals surface area contributed by atoms with Gasteiger partial charge in [0.15, 0.2) is 0 Å². The second-order valence-electron chi connectivity index (χ2n) is 12.4. The summed E-state index contributed by atoms with van der Waals surface area (Å²) in [6.07, 6.45) is 37.3. The first-order chi connectivity index (χ1) is 19.7. The Morgan fingerprint density at radius 1 is 0.750 bits per heavy atom. The van der Waals surface area contributed by atoms with Crippen LogP contribution in [0.1, 0.15) is 162 Å². The van der Waals surface area contributed by atoms with Crippen molar-refractivity contribution in [2.75, 3.05) is 26.7 Å². The van der Waals surface area contributed by atoms with E-state index in [1.165, 1.54) is 109 Å². The average molecular weight is 562 g/mol. The zero-order valence-electron chi connectivity index (χ0n) is 27.0. The number of hydrogen-bond donors (Lipinski definition) is 0. The fourth-order valence-corrected chi connectivity index (χ4v) is 5.72. The van der Waals surface area contributed by atoms with Gasteiger partial charge in [-0.3, -0.25) is 0 Å². The van der Waals surface area contributed by atoms with Crippen molar-refractivity contribution in [3.8, 4) is 0 Å². The lowest BCUT2D eigenvalue weighted by molar-refractivity contribution is 0.00297. The Kier molecular flexibility index (Phi) is 25.6.